The van der Waals surface area contributed by atoms with E-state index >= 15 is 0 Å². The van der Waals surface area contributed by atoms with Gasteiger partial charge in [-0.1, -0.05) is 13.0 Å². The number of aromatic amines is 1. The maximum atomic E-state index is 11.9. The van der Waals surface area contributed by atoms with Crippen molar-refractivity contribution in [2.45, 2.75) is 13.3 Å². The fourth-order valence-corrected chi connectivity index (χ4v) is 2.43. The molecule has 2 heterocycles. The molecule has 5 nitrogen and oxygen atoms in total. The topological polar surface area (TPSA) is 75.1 Å². The van der Waals surface area contributed by atoms with Crippen LogP contribution in [-0.4, -0.2) is 10.9 Å². The summed E-state index contributed by atoms with van der Waals surface area (Å²) in [7, 11) is 0. The lowest BCUT2D eigenvalue weighted by Crippen LogP contribution is -2.09. The monoisotopic (exact) mass is 308 g/mol. The summed E-state index contributed by atoms with van der Waals surface area (Å²) in [6, 6.07) is 10.6. The maximum absolute atomic E-state index is 11.9. The molecule has 1 aromatic carbocycles. The van der Waals surface area contributed by atoms with Gasteiger partial charge in [0.05, 0.1) is 11.8 Å². The molecule has 1 amide bonds. The Kier molecular flexibility index (Phi) is 4.10. The summed E-state index contributed by atoms with van der Waals surface area (Å²) in [5.74, 6) is 0.338. The minimum atomic E-state index is -0.269. The number of anilines is 1. The van der Waals surface area contributed by atoms with Crippen LogP contribution in [0.2, 0.25) is 0 Å². The number of carbonyl (C=O) groups is 1. The number of pyridine rings is 1. The van der Waals surface area contributed by atoms with Crippen LogP contribution in [0.3, 0.4) is 0 Å². The Balaban J connectivity index is 1.83. The lowest BCUT2D eigenvalue weighted by atomic mass is 10.1. The molecule has 0 atom stereocenters. The number of hydrogen-bond acceptors (Lipinski definition) is 3. The number of benzene rings is 1. The maximum Gasteiger partial charge on any atom is 0.248 e. The number of rotatable bonds is 4. The molecule has 2 aromatic heterocycles. The largest absolute Gasteiger partial charge is 0.465 e. The van der Waals surface area contributed by atoms with Gasteiger partial charge in [0.1, 0.15) is 5.76 Å². The quantitative estimate of drug-likeness (QED) is 0.726. The summed E-state index contributed by atoms with van der Waals surface area (Å²) < 4.78 is 5.12. The number of fused-ring (bicyclic) bond motifs is 1. The average molecular weight is 308 g/mol. The summed E-state index contributed by atoms with van der Waals surface area (Å²) in [6.45, 7) is 2.00. The number of amides is 1. The van der Waals surface area contributed by atoms with Gasteiger partial charge in [0.25, 0.3) is 0 Å². The van der Waals surface area contributed by atoms with E-state index in [1.807, 2.05) is 19.1 Å². The van der Waals surface area contributed by atoms with Gasteiger partial charge in [-0.2, -0.15) is 0 Å². The zero-order valence-electron chi connectivity index (χ0n) is 12.6. The molecule has 0 saturated carbocycles. The van der Waals surface area contributed by atoms with Crippen LogP contribution in [0.4, 0.5) is 5.69 Å². The summed E-state index contributed by atoms with van der Waals surface area (Å²) in [5, 5.41) is 3.75. The van der Waals surface area contributed by atoms with Gasteiger partial charge in [-0.3, -0.25) is 9.59 Å². The first-order valence-corrected chi connectivity index (χ1v) is 7.34. The second-order valence-corrected chi connectivity index (χ2v) is 5.11. The molecule has 0 radical (unpaired) electrons. The first kappa shape index (κ1) is 14.8. The van der Waals surface area contributed by atoms with Gasteiger partial charge in [-0.15, -0.1) is 0 Å². The third-order valence-corrected chi connectivity index (χ3v) is 3.52. The Bertz CT molecular complexity index is 921. The minimum Gasteiger partial charge on any atom is -0.465 e. The van der Waals surface area contributed by atoms with Crippen LogP contribution in [0.15, 0.2) is 57.9 Å². The van der Waals surface area contributed by atoms with Crippen LogP contribution in [0.25, 0.3) is 17.0 Å². The Morgan fingerprint density at radius 1 is 1.30 bits per heavy atom. The normalized spacial score (nSPS) is 11.2. The fraction of sp³-hybridized carbons (Fsp3) is 0.111. The van der Waals surface area contributed by atoms with E-state index in [2.05, 4.69) is 10.3 Å². The fourth-order valence-electron chi connectivity index (χ4n) is 2.43. The number of H-pyrrole nitrogens is 1. The molecule has 2 N–H and O–H groups in total. The van der Waals surface area contributed by atoms with Crippen LogP contribution in [0, 0.1) is 0 Å². The van der Waals surface area contributed by atoms with Crippen molar-refractivity contribution in [2.75, 3.05) is 5.32 Å². The Hall–Kier alpha value is -3.08. The number of furan rings is 1. The van der Waals surface area contributed by atoms with Crippen molar-refractivity contribution in [3.8, 4) is 0 Å². The second kappa shape index (κ2) is 6.36. The number of aryl methyl sites for hydroxylation is 1. The highest BCUT2D eigenvalue weighted by Gasteiger charge is 2.04. The van der Waals surface area contributed by atoms with Crippen LogP contribution in [0.1, 0.15) is 18.2 Å². The zero-order chi connectivity index (χ0) is 16.2. The van der Waals surface area contributed by atoms with Crippen LogP contribution < -0.4 is 10.9 Å². The van der Waals surface area contributed by atoms with E-state index in [1.54, 1.807) is 36.6 Å². The molecule has 3 aromatic rings. The highest BCUT2D eigenvalue weighted by Crippen LogP contribution is 2.20. The lowest BCUT2D eigenvalue weighted by Gasteiger charge is -2.07. The van der Waals surface area contributed by atoms with Crippen molar-refractivity contribution in [3.05, 3.63) is 70.4 Å². The lowest BCUT2D eigenvalue weighted by molar-refractivity contribution is -0.111. The molecule has 0 aliphatic carbocycles. The van der Waals surface area contributed by atoms with Crippen LogP contribution >= 0.6 is 0 Å². The molecule has 116 valence electrons. The van der Waals surface area contributed by atoms with Gasteiger partial charge in [0, 0.05) is 23.2 Å². The molecular formula is C18H16N2O3. The highest BCUT2D eigenvalue weighted by molar-refractivity contribution is 6.02. The van der Waals surface area contributed by atoms with Crippen LogP contribution in [-0.2, 0) is 11.2 Å². The number of nitrogens with one attached hydrogen (secondary N) is 2. The van der Waals surface area contributed by atoms with Crippen LogP contribution in [0.5, 0.6) is 0 Å². The van der Waals surface area contributed by atoms with Gasteiger partial charge >= 0.3 is 0 Å². The van der Waals surface area contributed by atoms with E-state index in [1.165, 1.54) is 6.08 Å². The summed E-state index contributed by atoms with van der Waals surface area (Å²) in [5.41, 5.74) is 2.17. The zero-order valence-corrected chi connectivity index (χ0v) is 12.6. The predicted octanol–water partition coefficient (Wildman–Crippen LogP) is 3.34. The summed E-state index contributed by atoms with van der Waals surface area (Å²) in [6.07, 6.45) is 5.31. The Morgan fingerprint density at radius 2 is 2.17 bits per heavy atom. The van der Waals surface area contributed by atoms with Gasteiger partial charge in [0.15, 0.2) is 0 Å². The molecule has 0 bridgehead atoms. The summed E-state index contributed by atoms with van der Waals surface area (Å²) in [4.78, 5) is 26.4. The van der Waals surface area contributed by atoms with Gasteiger partial charge in [-0.25, -0.2) is 0 Å². The Labute approximate surface area is 132 Å². The van der Waals surface area contributed by atoms with Crippen molar-refractivity contribution in [1.29, 1.82) is 0 Å². The molecule has 0 unspecified atom stereocenters. The van der Waals surface area contributed by atoms with Crippen molar-refractivity contribution < 1.29 is 9.21 Å². The predicted molar refractivity (Wildman–Crippen MR) is 90.3 cm³/mol. The highest BCUT2D eigenvalue weighted by atomic mass is 16.3. The first-order valence-electron chi connectivity index (χ1n) is 7.34. The second-order valence-electron chi connectivity index (χ2n) is 5.11. The van der Waals surface area contributed by atoms with Gasteiger partial charge in [0.2, 0.25) is 11.5 Å². The summed E-state index contributed by atoms with van der Waals surface area (Å²) >= 11 is 0. The van der Waals surface area contributed by atoms with E-state index in [4.69, 9.17) is 4.42 Å². The van der Waals surface area contributed by atoms with Gasteiger partial charge in [-0.05, 0) is 42.3 Å². The van der Waals surface area contributed by atoms with E-state index in [-0.39, 0.29) is 11.5 Å². The Morgan fingerprint density at radius 3 is 2.91 bits per heavy atom. The third kappa shape index (κ3) is 3.40. The molecule has 0 aliphatic heterocycles. The van der Waals surface area contributed by atoms with Crippen molar-refractivity contribution in [3.63, 3.8) is 0 Å². The first-order chi connectivity index (χ1) is 11.2. The van der Waals surface area contributed by atoms with E-state index in [0.29, 0.717) is 17.0 Å². The standard InChI is InChI=1S/C18H16N2O3/c1-2-12-10-18(22)20-16-11-13(5-7-15(12)16)19-17(21)8-6-14-4-3-9-23-14/h3-11H,2H2,1H3,(H,19,21)(H,20,22)/b8-6+. The van der Waals surface area contributed by atoms with Gasteiger partial charge < -0.3 is 14.7 Å². The number of aromatic nitrogens is 1. The van der Waals surface area contributed by atoms with Crippen molar-refractivity contribution in [2.24, 2.45) is 0 Å². The third-order valence-electron chi connectivity index (χ3n) is 3.52. The molecular weight excluding hydrogens is 292 g/mol. The van der Waals surface area contributed by atoms with Crippen molar-refractivity contribution >= 4 is 28.6 Å². The van der Waals surface area contributed by atoms with E-state index in [9.17, 15) is 9.59 Å². The van der Waals surface area contributed by atoms with E-state index < -0.39 is 0 Å². The number of carbonyl (C=O) groups excluding carboxylic acids is 1. The molecule has 3 rings (SSSR count). The molecule has 0 saturated heterocycles. The van der Waals surface area contributed by atoms with Crippen molar-refractivity contribution in [1.82, 2.24) is 4.98 Å². The smallest absolute Gasteiger partial charge is 0.248 e. The molecule has 0 spiro atoms. The molecule has 0 aliphatic rings. The molecule has 0 fully saturated rings. The minimum absolute atomic E-state index is 0.143. The average Bonchev–Trinajstić information content (AvgIpc) is 3.05. The SMILES string of the molecule is CCc1cc(=O)[nH]c2cc(NC(=O)/C=C/c3ccco3)ccc12. The van der Waals surface area contributed by atoms with E-state index in [0.717, 1.165) is 17.4 Å². The molecule has 5 heteroatoms. The molecule has 23 heavy (non-hydrogen) atoms. The number of hydrogen-bond donors (Lipinski definition) is 2.